The fraction of sp³-hybridized carbons (Fsp3) is 0.333. The van der Waals surface area contributed by atoms with Gasteiger partial charge in [0.15, 0.2) is 0 Å². The molecule has 0 aliphatic carbocycles. The third-order valence-corrected chi connectivity index (χ3v) is 6.36. The van der Waals surface area contributed by atoms with E-state index in [1.165, 1.54) is 11.3 Å². The summed E-state index contributed by atoms with van der Waals surface area (Å²) in [5, 5.41) is 6.47. The summed E-state index contributed by atoms with van der Waals surface area (Å²) in [6.07, 6.45) is 3.17. The Morgan fingerprint density at radius 2 is 1.94 bits per heavy atom. The third kappa shape index (κ3) is 4.34. The van der Waals surface area contributed by atoms with Crippen molar-refractivity contribution in [3.05, 3.63) is 77.4 Å². The fourth-order valence-corrected chi connectivity index (χ4v) is 5.03. The van der Waals surface area contributed by atoms with Crippen LogP contribution >= 0.6 is 0 Å². The van der Waals surface area contributed by atoms with E-state index in [2.05, 4.69) is 79.5 Å². The number of hydrogen-bond acceptors (Lipinski definition) is 3. The third-order valence-electron chi connectivity index (χ3n) is 6.36. The molecule has 160 valence electrons. The molecule has 4 heteroatoms. The fourth-order valence-electron chi connectivity index (χ4n) is 5.03. The zero-order chi connectivity index (χ0) is 22.0. The van der Waals surface area contributed by atoms with Crippen molar-refractivity contribution in [2.75, 3.05) is 11.4 Å². The molecular formula is C27H31N3O. The molecule has 3 aromatic carbocycles. The van der Waals surface area contributed by atoms with Gasteiger partial charge in [0.1, 0.15) is 0 Å². The molecule has 0 bridgehead atoms. The number of carbonyl (C=O) groups excluding carboxylic acids is 1. The van der Waals surface area contributed by atoms with Crippen LogP contribution in [0.4, 0.5) is 5.69 Å². The van der Waals surface area contributed by atoms with Gasteiger partial charge in [-0.1, -0.05) is 55.5 Å². The van der Waals surface area contributed by atoms with Crippen LogP contribution in [0.2, 0.25) is 0 Å². The van der Waals surface area contributed by atoms with Gasteiger partial charge in [-0.15, -0.1) is 0 Å². The molecule has 1 aliphatic rings. The van der Waals surface area contributed by atoms with Gasteiger partial charge in [0, 0.05) is 17.8 Å². The lowest BCUT2D eigenvalue weighted by molar-refractivity contribution is -0.120. The van der Waals surface area contributed by atoms with Crippen molar-refractivity contribution in [1.82, 2.24) is 5.43 Å². The highest BCUT2D eigenvalue weighted by Gasteiger charge is 2.35. The Hall–Kier alpha value is -3.14. The van der Waals surface area contributed by atoms with Gasteiger partial charge in [0.2, 0.25) is 5.91 Å². The van der Waals surface area contributed by atoms with Gasteiger partial charge < -0.3 is 4.90 Å². The highest BCUT2D eigenvalue weighted by molar-refractivity contribution is 5.90. The molecule has 0 radical (unpaired) electrons. The van der Waals surface area contributed by atoms with Gasteiger partial charge in [-0.05, 0) is 72.7 Å². The quantitative estimate of drug-likeness (QED) is 0.434. The lowest BCUT2D eigenvalue weighted by Crippen LogP contribution is -2.48. The molecule has 1 amide bonds. The summed E-state index contributed by atoms with van der Waals surface area (Å²) >= 11 is 0. The predicted molar refractivity (Wildman–Crippen MR) is 130 cm³/mol. The molecular weight excluding hydrogens is 382 g/mol. The molecule has 0 fully saturated rings. The standard InChI is InChI=1S/C27H31N3O/c1-5-30-25-14-13-20(15-24(25)19(2)17-27(30,3)4)18-28-29-26(31)16-22-11-8-10-21-9-6-7-12-23(21)22/h6-15,18-19H,5,16-17H2,1-4H3,(H,29,31)/b28-18-/t19-/m1/s1. The van der Waals surface area contributed by atoms with Crippen molar-refractivity contribution in [3.8, 4) is 0 Å². The Kier molecular flexibility index (Phi) is 5.81. The number of fused-ring (bicyclic) bond motifs is 2. The number of carbonyl (C=O) groups is 1. The number of hydrogen-bond donors (Lipinski definition) is 1. The van der Waals surface area contributed by atoms with Crippen LogP contribution in [0.5, 0.6) is 0 Å². The van der Waals surface area contributed by atoms with E-state index in [-0.39, 0.29) is 11.4 Å². The molecule has 0 spiro atoms. The summed E-state index contributed by atoms with van der Waals surface area (Å²) in [5.41, 5.74) is 7.53. The molecule has 1 atom stereocenters. The summed E-state index contributed by atoms with van der Waals surface area (Å²) < 4.78 is 0. The van der Waals surface area contributed by atoms with E-state index in [1.807, 2.05) is 24.3 Å². The minimum Gasteiger partial charge on any atom is -0.366 e. The lowest BCUT2D eigenvalue weighted by atomic mass is 9.79. The predicted octanol–water partition coefficient (Wildman–Crippen LogP) is 5.64. The summed E-state index contributed by atoms with van der Waals surface area (Å²) in [7, 11) is 0. The maximum absolute atomic E-state index is 12.5. The number of nitrogens with zero attached hydrogens (tertiary/aromatic N) is 2. The van der Waals surface area contributed by atoms with E-state index < -0.39 is 0 Å². The average molecular weight is 414 g/mol. The maximum atomic E-state index is 12.5. The number of amides is 1. The Morgan fingerprint density at radius 1 is 1.16 bits per heavy atom. The molecule has 1 N–H and O–H groups in total. The first-order valence-electron chi connectivity index (χ1n) is 11.1. The van der Waals surface area contributed by atoms with E-state index in [9.17, 15) is 4.79 Å². The SMILES string of the molecule is CCN1c2ccc(/C=N\NC(=O)Cc3cccc4ccccc34)cc2[C@H](C)CC1(C)C. The zero-order valence-corrected chi connectivity index (χ0v) is 18.9. The second kappa shape index (κ2) is 8.54. The maximum Gasteiger partial charge on any atom is 0.244 e. The van der Waals surface area contributed by atoms with Gasteiger partial charge in [0.05, 0.1) is 12.6 Å². The second-order valence-corrected chi connectivity index (χ2v) is 9.09. The molecule has 3 aromatic rings. The summed E-state index contributed by atoms with van der Waals surface area (Å²) in [4.78, 5) is 14.9. The van der Waals surface area contributed by atoms with Gasteiger partial charge in [-0.3, -0.25) is 4.79 Å². The highest BCUT2D eigenvalue weighted by atomic mass is 16.2. The molecule has 4 nitrogen and oxygen atoms in total. The monoisotopic (exact) mass is 413 g/mol. The van der Waals surface area contributed by atoms with Crippen molar-refractivity contribution < 1.29 is 4.79 Å². The minimum atomic E-state index is -0.113. The van der Waals surface area contributed by atoms with Crippen LogP contribution in [-0.2, 0) is 11.2 Å². The summed E-state index contributed by atoms with van der Waals surface area (Å²) in [6.45, 7) is 10.1. The van der Waals surface area contributed by atoms with Crippen LogP contribution in [0.15, 0.2) is 65.8 Å². The Morgan fingerprint density at radius 3 is 2.74 bits per heavy atom. The van der Waals surface area contributed by atoms with Crippen LogP contribution < -0.4 is 10.3 Å². The van der Waals surface area contributed by atoms with E-state index >= 15 is 0 Å². The van der Waals surface area contributed by atoms with E-state index in [0.717, 1.165) is 34.9 Å². The molecule has 0 aromatic heterocycles. The minimum absolute atomic E-state index is 0.113. The van der Waals surface area contributed by atoms with E-state index in [1.54, 1.807) is 6.21 Å². The lowest BCUT2D eigenvalue weighted by Gasteiger charge is -2.47. The van der Waals surface area contributed by atoms with Crippen LogP contribution in [-0.4, -0.2) is 24.2 Å². The normalized spacial score (nSPS) is 17.7. The summed E-state index contributed by atoms with van der Waals surface area (Å²) in [5.74, 6) is 0.375. The smallest absolute Gasteiger partial charge is 0.244 e. The average Bonchev–Trinajstić information content (AvgIpc) is 2.74. The number of nitrogens with one attached hydrogen (secondary N) is 1. The molecule has 4 rings (SSSR count). The number of anilines is 1. The number of benzene rings is 3. The Bertz CT molecular complexity index is 1130. The Labute approximate surface area is 185 Å². The van der Waals surface area contributed by atoms with E-state index in [4.69, 9.17) is 0 Å². The van der Waals surface area contributed by atoms with Crippen LogP contribution in [0, 0.1) is 0 Å². The van der Waals surface area contributed by atoms with Crippen LogP contribution in [0.1, 0.15) is 56.7 Å². The number of rotatable bonds is 5. The highest BCUT2D eigenvalue weighted by Crippen LogP contribution is 2.43. The van der Waals surface area contributed by atoms with Gasteiger partial charge in [-0.25, -0.2) is 5.43 Å². The van der Waals surface area contributed by atoms with Gasteiger partial charge in [0.25, 0.3) is 0 Å². The van der Waals surface area contributed by atoms with Crippen LogP contribution in [0.25, 0.3) is 10.8 Å². The molecule has 1 heterocycles. The van der Waals surface area contributed by atoms with Crippen molar-refractivity contribution >= 4 is 28.6 Å². The molecule has 0 saturated carbocycles. The van der Waals surface area contributed by atoms with Crippen molar-refractivity contribution in [1.29, 1.82) is 0 Å². The zero-order valence-electron chi connectivity index (χ0n) is 18.9. The largest absolute Gasteiger partial charge is 0.366 e. The van der Waals surface area contributed by atoms with Gasteiger partial charge >= 0.3 is 0 Å². The second-order valence-electron chi connectivity index (χ2n) is 9.09. The molecule has 31 heavy (non-hydrogen) atoms. The molecule has 0 unspecified atom stereocenters. The first kappa shape index (κ1) is 21.1. The van der Waals surface area contributed by atoms with Crippen molar-refractivity contribution in [2.45, 2.75) is 52.0 Å². The van der Waals surface area contributed by atoms with Gasteiger partial charge in [-0.2, -0.15) is 5.10 Å². The van der Waals surface area contributed by atoms with Crippen LogP contribution in [0.3, 0.4) is 0 Å². The molecule has 0 saturated heterocycles. The number of hydrazone groups is 1. The van der Waals surface area contributed by atoms with Crippen molar-refractivity contribution in [3.63, 3.8) is 0 Å². The van der Waals surface area contributed by atoms with Crippen molar-refractivity contribution in [2.24, 2.45) is 5.10 Å². The molecule has 1 aliphatic heterocycles. The first-order valence-corrected chi connectivity index (χ1v) is 11.1. The topological polar surface area (TPSA) is 44.7 Å². The Balaban J connectivity index is 1.46. The first-order chi connectivity index (χ1) is 14.9. The summed E-state index contributed by atoms with van der Waals surface area (Å²) in [6, 6.07) is 20.6. The van der Waals surface area contributed by atoms with E-state index in [0.29, 0.717) is 12.3 Å².